The van der Waals surface area contributed by atoms with Crippen LogP contribution < -0.4 is 5.32 Å². The number of carbonyl (C=O) groups excluding carboxylic acids is 1. The summed E-state index contributed by atoms with van der Waals surface area (Å²) >= 11 is 0. The van der Waals surface area contributed by atoms with Crippen LogP contribution in [0.15, 0.2) is 0 Å². The number of hydrogen-bond donors (Lipinski definition) is 1. The summed E-state index contributed by atoms with van der Waals surface area (Å²) in [6.45, 7) is 0.985. The Kier molecular flexibility index (Phi) is 3.65. The highest BCUT2D eigenvalue weighted by atomic mass is 16.5. The van der Waals surface area contributed by atoms with E-state index in [1.807, 2.05) is 0 Å². The van der Waals surface area contributed by atoms with Gasteiger partial charge in [0.1, 0.15) is 5.41 Å². The molecule has 1 heterocycles. The second-order valence-corrected chi connectivity index (χ2v) is 4.81. The third kappa shape index (κ3) is 2.43. The fourth-order valence-corrected chi connectivity index (χ4v) is 2.31. The van der Waals surface area contributed by atoms with Gasteiger partial charge in [-0.15, -0.1) is 0 Å². The van der Waals surface area contributed by atoms with Crippen molar-refractivity contribution in [2.75, 3.05) is 20.3 Å². The summed E-state index contributed by atoms with van der Waals surface area (Å²) in [7, 11) is 1.68. The van der Waals surface area contributed by atoms with E-state index in [0.717, 1.165) is 12.8 Å². The van der Waals surface area contributed by atoms with Crippen molar-refractivity contribution >= 4 is 5.91 Å². The highest BCUT2D eigenvalue weighted by Gasteiger charge is 2.42. The largest absolute Gasteiger partial charge is 0.381 e. The van der Waals surface area contributed by atoms with Crippen molar-refractivity contribution in [2.45, 2.75) is 37.8 Å². The highest BCUT2D eigenvalue weighted by Crippen LogP contribution is 2.31. The van der Waals surface area contributed by atoms with Gasteiger partial charge in [-0.1, -0.05) is 0 Å². The van der Waals surface area contributed by atoms with E-state index in [1.54, 1.807) is 7.11 Å². The lowest BCUT2D eigenvalue weighted by Crippen LogP contribution is -2.53. The quantitative estimate of drug-likeness (QED) is 0.781. The van der Waals surface area contributed by atoms with Crippen molar-refractivity contribution in [3.05, 3.63) is 0 Å². The van der Waals surface area contributed by atoms with Gasteiger partial charge >= 0.3 is 0 Å². The van der Waals surface area contributed by atoms with Gasteiger partial charge in [-0.3, -0.25) is 4.79 Å². The third-order valence-electron chi connectivity index (χ3n) is 3.76. The molecule has 1 aliphatic carbocycles. The summed E-state index contributed by atoms with van der Waals surface area (Å²) in [5.74, 6) is -0.136. The Bertz CT molecular complexity index is 325. The normalized spacial score (nSPS) is 31.1. The van der Waals surface area contributed by atoms with Gasteiger partial charge in [0.25, 0.3) is 0 Å². The first-order valence-corrected chi connectivity index (χ1v) is 6.03. The molecule has 1 saturated heterocycles. The molecule has 0 spiro atoms. The minimum Gasteiger partial charge on any atom is -0.381 e. The molecule has 1 amide bonds. The first-order valence-electron chi connectivity index (χ1n) is 6.03. The Balaban J connectivity index is 1.88. The summed E-state index contributed by atoms with van der Waals surface area (Å²) in [4.78, 5) is 12.1. The lowest BCUT2D eigenvalue weighted by atomic mass is 9.79. The van der Waals surface area contributed by atoms with Crippen LogP contribution in [0.4, 0.5) is 0 Å². The van der Waals surface area contributed by atoms with E-state index >= 15 is 0 Å². The van der Waals surface area contributed by atoms with Gasteiger partial charge in [0.05, 0.1) is 12.2 Å². The fraction of sp³-hybridized carbons (Fsp3) is 0.833. The predicted octanol–water partition coefficient (Wildman–Crippen LogP) is 0.600. The Morgan fingerprint density at radius 1 is 1.47 bits per heavy atom. The second-order valence-electron chi connectivity index (χ2n) is 4.81. The van der Waals surface area contributed by atoms with Gasteiger partial charge in [0.2, 0.25) is 5.91 Å². The first-order chi connectivity index (χ1) is 8.20. The summed E-state index contributed by atoms with van der Waals surface area (Å²) < 4.78 is 10.4. The van der Waals surface area contributed by atoms with Crippen LogP contribution in [0.5, 0.6) is 0 Å². The van der Waals surface area contributed by atoms with Crippen molar-refractivity contribution < 1.29 is 14.3 Å². The molecule has 0 radical (unpaired) electrons. The fourth-order valence-electron chi connectivity index (χ4n) is 2.31. The molecule has 0 unspecified atom stereocenters. The minimum atomic E-state index is -0.879. The van der Waals surface area contributed by atoms with Gasteiger partial charge in [0.15, 0.2) is 0 Å². The van der Waals surface area contributed by atoms with Crippen molar-refractivity contribution in [3.63, 3.8) is 0 Å². The van der Waals surface area contributed by atoms with Gasteiger partial charge in [0, 0.05) is 26.4 Å². The van der Waals surface area contributed by atoms with Gasteiger partial charge in [-0.25, -0.2) is 0 Å². The van der Waals surface area contributed by atoms with Crippen LogP contribution in [0.1, 0.15) is 25.7 Å². The molecule has 2 fully saturated rings. The predicted molar refractivity (Wildman–Crippen MR) is 60.1 cm³/mol. The van der Waals surface area contributed by atoms with Crippen LogP contribution in [0.2, 0.25) is 0 Å². The van der Waals surface area contributed by atoms with E-state index in [1.165, 1.54) is 0 Å². The summed E-state index contributed by atoms with van der Waals surface area (Å²) in [6.07, 6.45) is 2.94. The van der Waals surface area contributed by atoms with E-state index in [9.17, 15) is 10.1 Å². The number of methoxy groups -OCH3 is 1. The molecular weight excluding hydrogens is 220 g/mol. The number of rotatable bonds is 3. The van der Waals surface area contributed by atoms with Crippen LogP contribution in [0.3, 0.4) is 0 Å². The maximum Gasteiger partial charge on any atom is 0.240 e. The van der Waals surface area contributed by atoms with E-state index in [-0.39, 0.29) is 18.1 Å². The SMILES string of the molecule is COC1CC(NC(=O)C2(C#N)CCOCC2)C1. The standard InChI is InChI=1S/C12H18N2O3/c1-16-10-6-9(7-10)14-11(15)12(8-13)2-4-17-5-3-12/h9-10H,2-7H2,1H3,(H,14,15). The number of nitrogens with zero attached hydrogens (tertiary/aromatic N) is 1. The summed E-state index contributed by atoms with van der Waals surface area (Å²) in [5, 5.41) is 12.2. The van der Waals surface area contributed by atoms with Crippen molar-refractivity contribution in [1.29, 1.82) is 5.26 Å². The lowest BCUT2D eigenvalue weighted by Gasteiger charge is -2.37. The van der Waals surface area contributed by atoms with Crippen molar-refractivity contribution in [1.82, 2.24) is 5.32 Å². The van der Waals surface area contributed by atoms with Crippen LogP contribution in [0, 0.1) is 16.7 Å². The Labute approximate surface area is 101 Å². The second kappa shape index (κ2) is 5.03. The Morgan fingerprint density at radius 3 is 2.65 bits per heavy atom. The molecule has 5 heteroatoms. The molecule has 0 atom stereocenters. The average Bonchev–Trinajstić information content (AvgIpc) is 2.33. The molecule has 0 aromatic heterocycles. The third-order valence-corrected chi connectivity index (χ3v) is 3.76. The topological polar surface area (TPSA) is 71.3 Å². The number of nitriles is 1. The molecule has 5 nitrogen and oxygen atoms in total. The molecule has 0 aromatic carbocycles. The summed E-state index contributed by atoms with van der Waals surface area (Å²) in [5.41, 5.74) is -0.879. The summed E-state index contributed by atoms with van der Waals surface area (Å²) in [6, 6.07) is 2.34. The highest BCUT2D eigenvalue weighted by molar-refractivity contribution is 5.85. The first kappa shape index (κ1) is 12.3. The van der Waals surface area contributed by atoms with E-state index in [4.69, 9.17) is 9.47 Å². The van der Waals surface area contributed by atoms with Crippen LogP contribution >= 0.6 is 0 Å². The Hall–Kier alpha value is -1.12. The zero-order chi connectivity index (χ0) is 12.3. The molecule has 1 saturated carbocycles. The smallest absolute Gasteiger partial charge is 0.240 e. The maximum absolute atomic E-state index is 12.1. The zero-order valence-electron chi connectivity index (χ0n) is 10.1. The number of ether oxygens (including phenoxy) is 2. The van der Waals surface area contributed by atoms with Crippen molar-refractivity contribution in [2.24, 2.45) is 5.41 Å². The molecular formula is C12H18N2O3. The van der Waals surface area contributed by atoms with E-state index in [0.29, 0.717) is 26.1 Å². The molecule has 2 rings (SSSR count). The number of amides is 1. The van der Waals surface area contributed by atoms with Crippen LogP contribution in [-0.2, 0) is 14.3 Å². The maximum atomic E-state index is 12.1. The zero-order valence-corrected chi connectivity index (χ0v) is 10.1. The molecule has 0 bridgehead atoms. The Morgan fingerprint density at radius 2 is 2.12 bits per heavy atom. The van der Waals surface area contributed by atoms with Crippen LogP contribution in [-0.4, -0.2) is 38.4 Å². The van der Waals surface area contributed by atoms with Gasteiger partial charge in [-0.05, 0) is 25.7 Å². The molecule has 1 N–H and O–H groups in total. The van der Waals surface area contributed by atoms with E-state index in [2.05, 4.69) is 11.4 Å². The van der Waals surface area contributed by atoms with Crippen molar-refractivity contribution in [3.8, 4) is 6.07 Å². The molecule has 94 valence electrons. The molecule has 0 aromatic rings. The minimum absolute atomic E-state index is 0.136. The van der Waals surface area contributed by atoms with Gasteiger partial charge in [-0.2, -0.15) is 5.26 Å². The number of nitrogens with one attached hydrogen (secondary N) is 1. The lowest BCUT2D eigenvalue weighted by molar-refractivity contribution is -0.134. The number of hydrogen-bond acceptors (Lipinski definition) is 4. The van der Waals surface area contributed by atoms with Crippen LogP contribution in [0.25, 0.3) is 0 Å². The molecule has 2 aliphatic rings. The molecule has 1 aliphatic heterocycles. The van der Waals surface area contributed by atoms with E-state index < -0.39 is 5.41 Å². The average molecular weight is 238 g/mol. The number of carbonyl (C=O) groups is 1. The molecule has 17 heavy (non-hydrogen) atoms. The van der Waals surface area contributed by atoms with Gasteiger partial charge < -0.3 is 14.8 Å². The monoisotopic (exact) mass is 238 g/mol.